The van der Waals surface area contributed by atoms with Gasteiger partial charge in [-0.25, -0.2) is 46.7 Å². The molecule has 6 aromatic rings. The van der Waals surface area contributed by atoms with Crippen molar-refractivity contribution in [1.29, 1.82) is 0 Å². The quantitative estimate of drug-likeness (QED) is 0.112. The topological polar surface area (TPSA) is 246 Å². The van der Waals surface area contributed by atoms with Crippen LogP contribution < -0.4 is 20.4 Å². The summed E-state index contributed by atoms with van der Waals surface area (Å²) in [5.74, 6) is 2.23. The molecule has 73 heavy (non-hydrogen) atoms. The van der Waals surface area contributed by atoms with Gasteiger partial charge in [0.25, 0.3) is 0 Å². The number of piperazine rings is 1. The summed E-state index contributed by atoms with van der Waals surface area (Å²) in [6, 6.07) is 3.46. The molecule has 24 heteroatoms. The maximum absolute atomic E-state index is 14.6. The van der Waals surface area contributed by atoms with Crippen LogP contribution in [-0.2, 0) is 20.0 Å². The number of fused-ring (bicyclic) bond motifs is 2. The molecule has 0 aromatic carbocycles. The third kappa shape index (κ3) is 11.7. The van der Waals surface area contributed by atoms with Crippen molar-refractivity contribution in [2.24, 2.45) is 5.41 Å². The minimum atomic E-state index is -3.75. The van der Waals surface area contributed by atoms with Gasteiger partial charge in [0.1, 0.15) is 22.7 Å². The lowest BCUT2D eigenvalue weighted by atomic mass is 9.94. The van der Waals surface area contributed by atoms with Gasteiger partial charge in [0, 0.05) is 108 Å². The summed E-state index contributed by atoms with van der Waals surface area (Å²) in [4.78, 5) is 53.7. The molecule has 4 aliphatic heterocycles. The van der Waals surface area contributed by atoms with E-state index in [2.05, 4.69) is 80.1 Å². The third-order valence-corrected chi connectivity index (χ3v) is 18.7. The maximum atomic E-state index is 14.6. The second-order valence-electron chi connectivity index (χ2n) is 21.6. The molecule has 3 unspecified atom stereocenters. The van der Waals surface area contributed by atoms with E-state index in [1.165, 1.54) is 0 Å². The molecule has 4 N–H and O–H groups in total. The van der Waals surface area contributed by atoms with Crippen LogP contribution in [0.4, 0.5) is 23.5 Å². The molecule has 10 rings (SSSR count). The van der Waals surface area contributed by atoms with Crippen molar-refractivity contribution in [1.82, 2.24) is 68.3 Å². The predicted octanol–water partition coefficient (Wildman–Crippen LogP) is 4.34. The number of hydrogen-bond donors (Lipinski definition) is 4. The smallest absolute Gasteiger partial charge is 0.227 e. The second kappa shape index (κ2) is 20.9. The number of aromatic amines is 2. The Kier molecular flexibility index (Phi) is 14.6. The number of rotatable bonds is 15. The molecule has 10 heterocycles. The number of nitrogens with zero attached hydrogens (tertiary/aromatic N) is 14. The van der Waals surface area contributed by atoms with Gasteiger partial charge in [0.05, 0.1) is 46.4 Å². The highest BCUT2D eigenvalue weighted by atomic mass is 32.2. The van der Waals surface area contributed by atoms with Gasteiger partial charge in [-0.15, -0.1) is 0 Å². The lowest BCUT2D eigenvalue weighted by molar-refractivity contribution is 0.230. The molecule has 0 bridgehead atoms. The minimum Gasteiger partial charge on any atom is -0.365 e. The fourth-order valence-corrected chi connectivity index (χ4v) is 14.2. The molecule has 3 atom stereocenters. The molecular weight excluding hydrogens is 969 g/mol. The zero-order chi connectivity index (χ0) is 51.1. The molecule has 6 aromatic heterocycles. The summed E-state index contributed by atoms with van der Waals surface area (Å²) in [5.41, 5.74) is 5.21. The van der Waals surface area contributed by atoms with Crippen LogP contribution in [0, 0.1) is 5.41 Å². The SMILES string of the molecule is CN(C)C1CCN(c2ncc(-c3cnc4[nH]ccc4n3)c(NC3CCCN(S(=O)(=O)CC4CN(c5ncc(-c6cnc7[nH]ccc7n6)c(NC6CCCN(S(=O)(=O)CCC(C)(C)C)C6)n5)CCN4C)C3)n2)CC1. The molecule has 392 valence electrons. The fourth-order valence-electron chi connectivity index (χ4n) is 10.4. The summed E-state index contributed by atoms with van der Waals surface area (Å²) in [5, 5.41) is 7.28. The molecule has 0 spiro atoms. The number of anilines is 4. The van der Waals surface area contributed by atoms with E-state index in [9.17, 15) is 16.8 Å². The number of sulfonamides is 2. The van der Waals surface area contributed by atoms with E-state index in [4.69, 9.17) is 29.9 Å². The van der Waals surface area contributed by atoms with Crippen LogP contribution >= 0.6 is 0 Å². The van der Waals surface area contributed by atoms with Crippen LogP contribution in [0.2, 0.25) is 0 Å². The zero-order valence-electron chi connectivity index (χ0n) is 42.9. The summed E-state index contributed by atoms with van der Waals surface area (Å²) in [6.45, 7) is 10.9. The summed E-state index contributed by atoms with van der Waals surface area (Å²) < 4.78 is 59.6. The van der Waals surface area contributed by atoms with Gasteiger partial charge in [0.15, 0.2) is 11.3 Å². The third-order valence-electron chi connectivity index (χ3n) is 14.9. The Balaban J connectivity index is 0.855. The van der Waals surface area contributed by atoms with E-state index in [-0.39, 0.29) is 41.6 Å². The fraction of sp³-hybridized carbons (Fsp3) is 0.592. The molecule has 0 saturated carbocycles. The Labute approximate surface area is 428 Å². The number of aromatic nitrogens is 10. The first kappa shape index (κ1) is 50.9. The summed E-state index contributed by atoms with van der Waals surface area (Å²) >= 11 is 0. The van der Waals surface area contributed by atoms with Crippen molar-refractivity contribution in [3.05, 3.63) is 49.3 Å². The highest BCUT2D eigenvalue weighted by Gasteiger charge is 2.37. The molecule has 0 radical (unpaired) electrons. The first-order valence-electron chi connectivity index (χ1n) is 25.6. The van der Waals surface area contributed by atoms with E-state index >= 15 is 0 Å². The first-order chi connectivity index (χ1) is 34.9. The molecule has 22 nitrogen and oxygen atoms in total. The Bertz CT molecular complexity index is 3120. The monoisotopic (exact) mass is 1040 g/mol. The number of piperidine rings is 3. The van der Waals surface area contributed by atoms with Crippen LogP contribution in [0.25, 0.3) is 44.8 Å². The normalized spacial score (nSPS) is 21.7. The van der Waals surface area contributed by atoms with E-state index in [0.717, 1.165) is 44.3 Å². The van der Waals surface area contributed by atoms with E-state index < -0.39 is 20.0 Å². The number of hydrogen-bond acceptors (Lipinski definition) is 18. The van der Waals surface area contributed by atoms with Crippen molar-refractivity contribution in [3.8, 4) is 22.5 Å². The molecular formula is C49H70N18O4S2. The van der Waals surface area contributed by atoms with Crippen LogP contribution in [-0.4, -0.2) is 201 Å². The Morgan fingerprint density at radius 3 is 1.71 bits per heavy atom. The Hall–Kier alpha value is -5.66. The summed E-state index contributed by atoms with van der Waals surface area (Å²) in [6.07, 6.45) is 16.0. The van der Waals surface area contributed by atoms with Crippen molar-refractivity contribution >= 4 is 65.9 Å². The summed E-state index contributed by atoms with van der Waals surface area (Å²) in [7, 11) is -1.00. The van der Waals surface area contributed by atoms with Crippen LogP contribution in [0.3, 0.4) is 0 Å². The van der Waals surface area contributed by atoms with E-state index in [0.29, 0.717) is 127 Å². The van der Waals surface area contributed by atoms with Crippen molar-refractivity contribution in [2.75, 3.05) is 112 Å². The predicted molar refractivity (Wildman–Crippen MR) is 285 cm³/mol. The maximum Gasteiger partial charge on any atom is 0.227 e. The van der Waals surface area contributed by atoms with Gasteiger partial charge in [-0.1, -0.05) is 20.8 Å². The largest absolute Gasteiger partial charge is 0.365 e. The highest BCUT2D eigenvalue weighted by molar-refractivity contribution is 7.89. The number of likely N-dealkylation sites (N-methyl/N-ethyl adjacent to an activating group) is 1. The first-order valence-corrected chi connectivity index (χ1v) is 28.9. The van der Waals surface area contributed by atoms with Crippen molar-refractivity contribution < 1.29 is 16.8 Å². The van der Waals surface area contributed by atoms with Gasteiger partial charge in [-0.05, 0) is 83.6 Å². The molecule has 4 fully saturated rings. The molecule has 4 saturated heterocycles. The van der Waals surface area contributed by atoms with Gasteiger partial charge in [-0.2, -0.15) is 18.6 Å². The van der Waals surface area contributed by atoms with Crippen LogP contribution in [0.1, 0.15) is 65.7 Å². The van der Waals surface area contributed by atoms with Gasteiger partial charge in [0.2, 0.25) is 31.9 Å². The number of nitrogens with one attached hydrogen (secondary N) is 4. The Morgan fingerprint density at radius 2 is 1.18 bits per heavy atom. The Morgan fingerprint density at radius 1 is 0.644 bits per heavy atom. The van der Waals surface area contributed by atoms with Crippen LogP contribution in [0.15, 0.2) is 49.3 Å². The van der Waals surface area contributed by atoms with Crippen molar-refractivity contribution in [3.63, 3.8) is 0 Å². The highest BCUT2D eigenvalue weighted by Crippen LogP contribution is 2.33. The molecule has 4 aliphatic rings. The van der Waals surface area contributed by atoms with Crippen molar-refractivity contribution in [2.45, 2.75) is 89.9 Å². The molecule has 0 amide bonds. The molecule has 0 aliphatic carbocycles. The lowest BCUT2D eigenvalue weighted by Gasteiger charge is -2.41. The van der Waals surface area contributed by atoms with E-state index in [1.807, 2.05) is 36.5 Å². The van der Waals surface area contributed by atoms with Crippen LogP contribution in [0.5, 0.6) is 0 Å². The standard InChI is InChI=1S/C49H70N18O4S2/c1-49(2,3)15-24-72(68,69)66-18-7-9-33(29-66)56-44-38(42-28-53-46-40(59-42)12-17-51-46)26-55-48(61-44)65-23-22-63(6)36(31-65)32-73(70,71)67-19-8-10-34(30-67)57-43-37(41-27-52-45-39(58-41)11-16-50-45)25-54-47(60-43)64-20-13-35(14-21-64)62(4)5/h11-12,16-17,25-28,33-36H,7-10,13-15,18-24,29-32H2,1-6H3,(H,50,52)(H,51,53)(H,54,57,60)(H,55,56,61). The van der Waals surface area contributed by atoms with Gasteiger partial charge < -0.3 is 35.3 Å². The van der Waals surface area contributed by atoms with E-state index in [1.54, 1.807) is 33.4 Å². The average Bonchev–Trinajstić information content (AvgIpc) is 4.06. The second-order valence-corrected chi connectivity index (χ2v) is 25.8. The van der Waals surface area contributed by atoms with Gasteiger partial charge in [-0.3, -0.25) is 4.90 Å². The number of H-pyrrole nitrogens is 2. The minimum absolute atomic E-state index is 0.0815. The van der Waals surface area contributed by atoms with Gasteiger partial charge >= 0.3 is 0 Å². The zero-order valence-corrected chi connectivity index (χ0v) is 44.5. The average molecular weight is 1040 g/mol. The lowest BCUT2D eigenvalue weighted by Crippen LogP contribution is -2.56.